The van der Waals surface area contributed by atoms with E-state index in [9.17, 15) is 9.90 Å². The van der Waals surface area contributed by atoms with Crippen LogP contribution in [0, 0.1) is 0 Å². The highest BCUT2D eigenvalue weighted by Crippen LogP contribution is 2.37. The van der Waals surface area contributed by atoms with Gasteiger partial charge in [0.1, 0.15) is 18.4 Å². The predicted octanol–water partition coefficient (Wildman–Crippen LogP) is 4.68. The van der Waals surface area contributed by atoms with Crippen molar-refractivity contribution in [3.05, 3.63) is 107 Å². The number of anilines is 1. The molecule has 3 aromatic carbocycles. The second-order valence-electron chi connectivity index (χ2n) is 7.79. The van der Waals surface area contributed by atoms with Gasteiger partial charge in [-0.1, -0.05) is 72.8 Å². The van der Waals surface area contributed by atoms with Gasteiger partial charge < -0.3 is 15.2 Å². The first-order valence-corrected chi connectivity index (χ1v) is 10.6. The van der Waals surface area contributed by atoms with Crippen LogP contribution in [0.15, 0.2) is 96.2 Å². The minimum atomic E-state index is -0.610. The van der Waals surface area contributed by atoms with Gasteiger partial charge in [0.05, 0.1) is 5.57 Å². The van der Waals surface area contributed by atoms with Crippen LogP contribution in [-0.4, -0.2) is 25.8 Å². The topological polar surface area (TPSA) is 89.3 Å². The first kappa shape index (κ1) is 20.5. The van der Waals surface area contributed by atoms with E-state index in [1.165, 1.54) is 0 Å². The van der Waals surface area contributed by atoms with Crippen molar-refractivity contribution in [2.75, 3.05) is 5.32 Å². The number of phenols is 1. The van der Waals surface area contributed by atoms with Crippen LogP contribution in [0.1, 0.15) is 24.1 Å². The summed E-state index contributed by atoms with van der Waals surface area (Å²) in [5.74, 6) is 0.694. The van der Waals surface area contributed by atoms with Gasteiger partial charge in [-0.15, -0.1) is 5.10 Å². The molecule has 0 spiro atoms. The smallest absolute Gasteiger partial charge is 0.338 e. The molecule has 0 saturated heterocycles. The van der Waals surface area contributed by atoms with E-state index in [1.54, 1.807) is 22.9 Å². The SMILES string of the molecule is CC1=C(C(=O)OCc2ccccc2)C(c2cccc(O)c2)n2nc(-c3ccccc3)nc2N1. The lowest BCUT2D eigenvalue weighted by atomic mass is 9.95. The Hall–Kier alpha value is -4.39. The highest BCUT2D eigenvalue weighted by atomic mass is 16.5. The number of aromatic nitrogens is 3. The standard InChI is InChI=1S/C26H22N4O3/c1-17-22(25(32)33-16-18-9-4-2-5-10-18)23(20-13-8-14-21(31)15-20)30-26(27-17)28-24(29-30)19-11-6-3-7-12-19/h2-15,23,31H,16H2,1H3,(H,27,28,29). The number of hydrogen-bond donors (Lipinski definition) is 2. The van der Waals surface area contributed by atoms with Gasteiger partial charge in [0.25, 0.3) is 0 Å². The number of hydrogen-bond acceptors (Lipinski definition) is 6. The Morgan fingerprint density at radius 2 is 1.76 bits per heavy atom. The summed E-state index contributed by atoms with van der Waals surface area (Å²) in [6, 6.07) is 25.4. The Balaban J connectivity index is 1.55. The minimum absolute atomic E-state index is 0.102. The van der Waals surface area contributed by atoms with Gasteiger partial charge in [-0.25, -0.2) is 9.48 Å². The van der Waals surface area contributed by atoms with Gasteiger partial charge in [0, 0.05) is 11.3 Å². The zero-order valence-electron chi connectivity index (χ0n) is 18.0. The largest absolute Gasteiger partial charge is 0.508 e. The number of carbonyl (C=O) groups is 1. The third-order valence-corrected chi connectivity index (χ3v) is 5.50. The van der Waals surface area contributed by atoms with Crippen molar-refractivity contribution in [3.8, 4) is 17.1 Å². The van der Waals surface area contributed by atoms with Crippen molar-refractivity contribution in [1.29, 1.82) is 0 Å². The molecule has 0 bridgehead atoms. The number of fused-ring (bicyclic) bond motifs is 1. The first-order chi connectivity index (χ1) is 16.1. The Labute approximate surface area is 191 Å². The van der Waals surface area contributed by atoms with Gasteiger partial charge in [-0.05, 0) is 30.2 Å². The van der Waals surface area contributed by atoms with Crippen LogP contribution in [0.4, 0.5) is 5.95 Å². The molecule has 1 aliphatic rings. The molecular formula is C26H22N4O3. The number of nitrogens with one attached hydrogen (secondary N) is 1. The first-order valence-electron chi connectivity index (χ1n) is 10.6. The van der Waals surface area contributed by atoms with E-state index in [2.05, 4.69) is 10.3 Å². The van der Waals surface area contributed by atoms with E-state index in [-0.39, 0.29) is 12.4 Å². The van der Waals surface area contributed by atoms with Crippen molar-refractivity contribution in [3.63, 3.8) is 0 Å². The molecule has 4 aromatic rings. The Morgan fingerprint density at radius 1 is 1.03 bits per heavy atom. The number of nitrogens with zero attached hydrogens (tertiary/aromatic N) is 3. The highest BCUT2D eigenvalue weighted by Gasteiger charge is 2.35. The molecule has 7 heteroatoms. The average Bonchev–Trinajstić information content (AvgIpc) is 3.26. The number of phenolic OH excluding ortho intramolecular Hbond substituents is 1. The molecule has 2 heterocycles. The second kappa shape index (κ2) is 8.63. The molecule has 0 aliphatic carbocycles. The predicted molar refractivity (Wildman–Crippen MR) is 124 cm³/mol. The lowest BCUT2D eigenvalue weighted by molar-refractivity contribution is -0.140. The number of rotatable bonds is 5. The van der Waals surface area contributed by atoms with Crippen LogP contribution < -0.4 is 5.32 Å². The van der Waals surface area contributed by atoms with E-state index in [4.69, 9.17) is 9.84 Å². The van der Waals surface area contributed by atoms with Gasteiger partial charge in [0.2, 0.25) is 5.95 Å². The molecule has 0 radical (unpaired) electrons. The van der Waals surface area contributed by atoms with Crippen LogP contribution in [0.3, 0.4) is 0 Å². The molecule has 0 saturated carbocycles. The fourth-order valence-electron chi connectivity index (χ4n) is 3.93. The number of benzene rings is 3. The summed E-state index contributed by atoms with van der Waals surface area (Å²) in [5.41, 5.74) is 3.50. The molecule has 1 aromatic heterocycles. The van der Waals surface area contributed by atoms with E-state index < -0.39 is 12.0 Å². The average molecular weight is 438 g/mol. The van der Waals surface area contributed by atoms with Crippen molar-refractivity contribution in [2.45, 2.75) is 19.6 Å². The lowest BCUT2D eigenvalue weighted by Crippen LogP contribution is -2.29. The number of allylic oxidation sites excluding steroid dienone is 1. The third kappa shape index (κ3) is 4.08. The van der Waals surface area contributed by atoms with Gasteiger partial charge in [-0.3, -0.25) is 0 Å². The van der Waals surface area contributed by atoms with Crippen LogP contribution >= 0.6 is 0 Å². The molecule has 1 atom stereocenters. The summed E-state index contributed by atoms with van der Waals surface area (Å²) in [6.07, 6.45) is 0. The Morgan fingerprint density at radius 3 is 2.48 bits per heavy atom. The monoisotopic (exact) mass is 438 g/mol. The zero-order chi connectivity index (χ0) is 22.8. The molecule has 7 nitrogen and oxygen atoms in total. The number of esters is 1. The summed E-state index contributed by atoms with van der Waals surface area (Å²) >= 11 is 0. The number of aromatic hydroxyl groups is 1. The fourth-order valence-corrected chi connectivity index (χ4v) is 3.93. The van der Waals surface area contributed by atoms with Gasteiger partial charge >= 0.3 is 5.97 Å². The van der Waals surface area contributed by atoms with Gasteiger partial charge in [0.15, 0.2) is 5.82 Å². The fraction of sp³-hybridized carbons (Fsp3) is 0.115. The van der Waals surface area contributed by atoms with Crippen LogP contribution in [0.5, 0.6) is 5.75 Å². The summed E-state index contributed by atoms with van der Waals surface area (Å²) in [6.45, 7) is 1.97. The number of carbonyl (C=O) groups excluding carboxylic acids is 1. The van der Waals surface area contributed by atoms with Crippen LogP contribution in [-0.2, 0) is 16.1 Å². The molecule has 164 valence electrons. The van der Waals surface area contributed by atoms with E-state index >= 15 is 0 Å². The lowest BCUT2D eigenvalue weighted by Gasteiger charge is -2.28. The molecule has 5 rings (SSSR count). The van der Waals surface area contributed by atoms with E-state index in [0.29, 0.717) is 28.6 Å². The maximum Gasteiger partial charge on any atom is 0.338 e. The van der Waals surface area contributed by atoms with Crippen LogP contribution in [0.25, 0.3) is 11.4 Å². The normalized spacial score (nSPS) is 15.0. The minimum Gasteiger partial charge on any atom is -0.508 e. The molecule has 33 heavy (non-hydrogen) atoms. The van der Waals surface area contributed by atoms with Crippen molar-refractivity contribution < 1.29 is 14.6 Å². The van der Waals surface area contributed by atoms with E-state index in [0.717, 1.165) is 11.1 Å². The van der Waals surface area contributed by atoms with Crippen molar-refractivity contribution in [2.24, 2.45) is 0 Å². The number of ether oxygens (including phenoxy) is 1. The van der Waals surface area contributed by atoms with Crippen molar-refractivity contribution in [1.82, 2.24) is 14.8 Å². The quantitative estimate of drug-likeness (QED) is 0.440. The van der Waals surface area contributed by atoms with Gasteiger partial charge in [-0.2, -0.15) is 4.98 Å². The molecule has 1 aliphatic heterocycles. The summed E-state index contributed by atoms with van der Waals surface area (Å²) in [7, 11) is 0. The molecule has 2 N–H and O–H groups in total. The van der Waals surface area contributed by atoms with Crippen molar-refractivity contribution >= 4 is 11.9 Å². The molecule has 0 fully saturated rings. The summed E-state index contributed by atoms with van der Waals surface area (Å²) in [4.78, 5) is 17.9. The molecule has 1 unspecified atom stereocenters. The molecular weight excluding hydrogens is 416 g/mol. The van der Waals surface area contributed by atoms with E-state index in [1.807, 2.05) is 73.7 Å². The highest BCUT2D eigenvalue weighted by molar-refractivity contribution is 5.92. The Bertz CT molecular complexity index is 1330. The Kier molecular flexibility index (Phi) is 5.36. The second-order valence-corrected chi connectivity index (χ2v) is 7.79. The summed E-state index contributed by atoms with van der Waals surface area (Å²) < 4.78 is 7.34. The molecule has 0 amide bonds. The summed E-state index contributed by atoms with van der Waals surface area (Å²) in [5, 5.41) is 18.0. The zero-order valence-corrected chi connectivity index (χ0v) is 18.0. The third-order valence-electron chi connectivity index (χ3n) is 5.50. The maximum absolute atomic E-state index is 13.3. The maximum atomic E-state index is 13.3. The van der Waals surface area contributed by atoms with Crippen LogP contribution in [0.2, 0.25) is 0 Å².